The van der Waals surface area contributed by atoms with Crippen LogP contribution in [0.25, 0.3) is 0 Å². The van der Waals surface area contributed by atoms with Crippen molar-refractivity contribution in [2.24, 2.45) is 0 Å². The minimum Gasteiger partial charge on any atom is -0.379 e. The standard InChI is InChI=1S/C14H17BrN4O/c1-3-6-19-14(20)13(15)12(9-18-19)17-8-11-4-5-16-7-10(11)2/h4-5,7,9,17H,3,6,8H2,1-2H3. The van der Waals surface area contributed by atoms with E-state index in [9.17, 15) is 4.79 Å². The van der Waals surface area contributed by atoms with E-state index in [1.165, 1.54) is 4.68 Å². The Balaban J connectivity index is 2.17. The van der Waals surface area contributed by atoms with E-state index >= 15 is 0 Å². The predicted octanol–water partition coefficient (Wildman–Crippen LogP) is 2.73. The van der Waals surface area contributed by atoms with E-state index in [4.69, 9.17) is 0 Å². The average Bonchev–Trinajstić information content (AvgIpc) is 2.45. The third-order valence-corrected chi connectivity index (χ3v) is 3.79. The van der Waals surface area contributed by atoms with Crippen LogP contribution in [0.1, 0.15) is 24.5 Å². The molecule has 0 saturated carbocycles. The Morgan fingerprint density at radius 1 is 1.40 bits per heavy atom. The summed E-state index contributed by atoms with van der Waals surface area (Å²) in [6.07, 6.45) is 6.14. The minimum atomic E-state index is -0.108. The van der Waals surface area contributed by atoms with Gasteiger partial charge in [-0.15, -0.1) is 0 Å². The van der Waals surface area contributed by atoms with Crippen molar-refractivity contribution in [1.29, 1.82) is 0 Å². The average molecular weight is 337 g/mol. The Kier molecular flexibility index (Phi) is 4.89. The number of aromatic nitrogens is 3. The smallest absolute Gasteiger partial charge is 0.283 e. The summed E-state index contributed by atoms with van der Waals surface area (Å²) in [5.41, 5.74) is 2.86. The van der Waals surface area contributed by atoms with E-state index in [-0.39, 0.29) is 5.56 Å². The van der Waals surface area contributed by atoms with Crippen molar-refractivity contribution < 1.29 is 0 Å². The van der Waals surface area contributed by atoms with Crippen LogP contribution >= 0.6 is 15.9 Å². The van der Waals surface area contributed by atoms with Gasteiger partial charge < -0.3 is 5.32 Å². The van der Waals surface area contributed by atoms with Crippen LogP contribution in [0.2, 0.25) is 0 Å². The van der Waals surface area contributed by atoms with Crippen molar-refractivity contribution in [2.75, 3.05) is 5.32 Å². The lowest BCUT2D eigenvalue weighted by molar-refractivity contribution is 0.566. The van der Waals surface area contributed by atoms with E-state index in [1.807, 2.05) is 26.1 Å². The van der Waals surface area contributed by atoms with Gasteiger partial charge in [0.05, 0.1) is 11.9 Å². The van der Waals surface area contributed by atoms with Crippen LogP contribution in [-0.4, -0.2) is 14.8 Å². The summed E-state index contributed by atoms with van der Waals surface area (Å²) in [5.74, 6) is 0. The molecule has 2 aromatic rings. The zero-order valence-corrected chi connectivity index (χ0v) is 13.1. The van der Waals surface area contributed by atoms with Crippen molar-refractivity contribution in [2.45, 2.75) is 33.4 Å². The number of nitrogens with one attached hydrogen (secondary N) is 1. The quantitative estimate of drug-likeness (QED) is 0.911. The number of nitrogens with zero attached hydrogens (tertiary/aromatic N) is 3. The molecule has 0 unspecified atom stereocenters. The lowest BCUT2D eigenvalue weighted by Gasteiger charge is -2.11. The summed E-state index contributed by atoms with van der Waals surface area (Å²) in [5, 5.41) is 7.39. The summed E-state index contributed by atoms with van der Waals surface area (Å²) >= 11 is 3.34. The number of anilines is 1. The molecule has 2 aromatic heterocycles. The summed E-state index contributed by atoms with van der Waals surface area (Å²) < 4.78 is 1.99. The number of hydrogen-bond acceptors (Lipinski definition) is 4. The number of aryl methyl sites for hydroxylation is 2. The van der Waals surface area contributed by atoms with Gasteiger partial charge in [0.25, 0.3) is 5.56 Å². The number of rotatable bonds is 5. The third kappa shape index (κ3) is 3.25. The second kappa shape index (κ2) is 6.65. The molecule has 0 atom stereocenters. The van der Waals surface area contributed by atoms with E-state index in [1.54, 1.807) is 12.4 Å². The molecule has 2 heterocycles. The molecule has 0 aromatic carbocycles. The van der Waals surface area contributed by atoms with Gasteiger partial charge in [-0.05, 0) is 46.5 Å². The normalized spacial score (nSPS) is 10.6. The van der Waals surface area contributed by atoms with Crippen LogP contribution in [0, 0.1) is 6.92 Å². The van der Waals surface area contributed by atoms with Gasteiger partial charge in [-0.3, -0.25) is 9.78 Å². The van der Waals surface area contributed by atoms with Crippen LogP contribution in [0.15, 0.2) is 33.9 Å². The molecular formula is C14H17BrN4O. The molecule has 2 rings (SSSR count). The van der Waals surface area contributed by atoms with Crippen molar-refractivity contribution in [3.8, 4) is 0 Å². The number of pyridine rings is 1. The van der Waals surface area contributed by atoms with Gasteiger partial charge >= 0.3 is 0 Å². The van der Waals surface area contributed by atoms with Crippen LogP contribution in [-0.2, 0) is 13.1 Å². The fourth-order valence-corrected chi connectivity index (χ4v) is 2.30. The highest BCUT2D eigenvalue weighted by Gasteiger charge is 2.08. The SMILES string of the molecule is CCCn1ncc(NCc2ccncc2C)c(Br)c1=O. The van der Waals surface area contributed by atoms with Gasteiger partial charge in [0, 0.05) is 25.5 Å². The molecule has 106 valence electrons. The number of halogens is 1. The second-order valence-corrected chi connectivity index (χ2v) is 5.35. The van der Waals surface area contributed by atoms with E-state index in [2.05, 4.69) is 31.3 Å². The summed E-state index contributed by atoms with van der Waals surface area (Å²) in [6.45, 7) is 5.28. The van der Waals surface area contributed by atoms with Gasteiger partial charge in [0.2, 0.25) is 0 Å². The first-order chi connectivity index (χ1) is 9.63. The monoisotopic (exact) mass is 336 g/mol. The summed E-state index contributed by atoms with van der Waals surface area (Å²) in [4.78, 5) is 16.1. The van der Waals surface area contributed by atoms with E-state index in [0.29, 0.717) is 23.2 Å². The maximum Gasteiger partial charge on any atom is 0.283 e. The molecule has 0 spiro atoms. The minimum absolute atomic E-state index is 0.108. The maximum atomic E-state index is 12.1. The summed E-state index contributed by atoms with van der Waals surface area (Å²) in [6, 6.07) is 1.96. The van der Waals surface area contributed by atoms with Crippen molar-refractivity contribution in [3.63, 3.8) is 0 Å². The molecule has 0 radical (unpaired) electrons. The molecular weight excluding hydrogens is 320 g/mol. The predicted molar refractivity (Wildman–Crippen MR) is 82.8 cm³/mol. The molecule has 0 fully saturated rings. The van der Waals surface area contributed by atoms with Crippen LogP contribution in [0.3, 0.4) is 0 Å². The molecule has 0 bridgehead atoms. The molecule has 0 saturated heterocycles. The first kappa shape index (κ1) is 14.7. The topological polar surface area (TPSA) is 59.8 Å². The second-order valence-electron chi connectivity index (χ2n) is 4.56. The van der Waals surface area contributed by atoms with Crippen LogP contribution in [0.5, 0.6) is 0 Å². The van der Waals surface area contributed by atoms with Crippen LogP contribution in [0.4, 0.5) is 5.69 Å². The maximum absolute atomic E-state index is 12.1. The van der Waals surface area contributed by atoms with Crippen LogP contribution < -0.4 is 10.9 Å². The molecule has 0 aliphatic rings. The Labute approximate surface area is 126 Å². The fraction of sp³-hybridized carbons (Fsp3) is 0.357. The molecule has 6 heteroatoms. The Morgan fingerprint density at radius 3 is 2.90 bits per heavy atom. The van der Waals surface area contributed by atoms with E-state index in [0.717, 1.165) is 17.5 Å². The number of hydrogen-bond donors (Lipinski definition) is 1. The van der Waals surface area contributed by atoms with Crippen molar-refractivity contribution >= 4 is 21.6 Å². The first-order valence-electron chi connectivity index (χ1n) is 6.52. The van der Waals surface area contributed by atoms with Gasteiger partial charge in [0.1, 0.15) is 4.47 Å². The highest BCUT2D eigenvalue weighted by atomic mass is 79.9. The first-order valence-corrected chi connectivity index (χ1v) is 7.31. The zero-order chi connectivity index (χ0) is 14.5. The zero-order valence-electron chi connectivity index (χ0n) is 11.6. The molecule has 20 heavy (non-hydrogen) atoms. The fourth-order valence-electron chi connectivity index (χ4n) is 1.85. The molecule has 0 amide bonds. The molecule has 1 N–H and O–H groups in total. The van der Waals surface area contributed by atoms with Crippen molar-refractivity contribution in [3.05, 3.63) is 50.6 Å². The Bertz CT molecular complexity index is 654. The molecule has 5 nitrogen and oxygen atoms in total. The van der Waals surface area contributed by atoms with Crippen molar-refractivity contribution in [1.82, 2.24) is 14.8 Å². The highest BCUT2D eigenvalue weighted by molar-refractivity contribution is 9.10. The lowest BCUT2D eigenvalue weighted by Crippen LogP contribution is -2.24. The van der Waals surface area contributed by atoms with Gasteiger partial charge in [-0.25, -0.2) is 4.68 Å². The molecule has 0 aliphatic heterocycles. The molecule has 0 aliphatic carbocycles. The van der Waals surface area contributed by atoms with Gasteiger partial charge in [-0.2, -0.15) is 5.10 Å². The van der Waals surface area contributed by atoms with Gasteiger partial charge in [0.15, 0.2) is 0 Å². The third-order valence-electron chi connectivity index (χ3n) is 3.03. The largest absolute Gasteiger partial charge is 0.379 e. The van der Waals surface area contributed by atoms with E-state index < -0.39 is 0 Å². The summed E-state index contributed by atoms with van der Waals surface area (Å²) in [7, 11) is 0. The van der Waals surface area contributed by atoms with Gasteiger partial charge in [-0.1, -0.05) is 6.92 Å². The highest BCUT2D eigenvalue weighted by Crippen LogP contribution is 2.17. The Hall–Kier alpha value is -1.69. The lowest BCUT2D eigenvalue weighted by atomic mass is 10.1. The Morgan fingerprint density at radius 2 is 2.20 bits per heavy atom.